The van der Waals surface area contributed by atoms with E-state index < -0.39 is 0 Å². The molecule has 0 aromatic heterocycles. The van der Waals surface area contributed by atoms with Crippen LogP contribution in [0.5, 0.6) is 0 Å². The number of hydrogen-bond donors (Lipinski definition) is 0. The van der Waals surface area contributed by atoms with Crippen LogP contribution in [-0.4, -0.2) is 42.2 Å². The Bertz CT molecular complexity index is 117. The van der Waals surface area contributed by atoms with Gasteiger partial charge in [-0.2, -0.15) is 0 Å². The second-order valence-corrected chi connectivity index (χ2v) is 2.92. The predicted octanol–water partition coefficient (Wildman–Crippen LogP) is 1.86. The summed E-state index contributed by atoms with van der Waals surface area (Å²) >= 11 is 2.19. The third-order valence-electron chi connectivity index (χ3n) is 1.92. The quantitative estimate of drug-likeness (QED) is 0.424. The predicted molar refractivity (Wildman–Crippen MR) is 52.1 cm³/mol. The van der Waals surface area contributed by atoms with Crippen molar-refractivity contribution in [1.82, 2.24) is 4.90 Å². The van der Waals surface area contributed by atoms with Crippen molar-refractivity contribution < 1.29 is 0 Å². The van der Waals surface area contributed by atoms with Gasteiger partial charge in [0.1, 0.15) is 0 Å². The van der Waals surface area contributed by atoms with Crippen molar-refractivity contribution in [2.24, 2.45) is 0 Å². The Morgan fingerprint density at radius 3 is 2.27 bits per heavy atom. The summed E-state index contributed by atoms with van der Waals surface area (Å²) in [5.74, 6) is 0. The summed E-state index contributed by atoms with van der Waals surface area (Å²) in [6, 6.07) is 0. The first-order chi connectivity index (χ1) is 5.24. The monoisotopic (exact) mass is 147 g/mol. The summed E-state index contributed by atoms with van der Waals surface area (Å²) in [6.45, 7) is 10.1. The van der Waals surface area contributed by atoms with Gasteiger partial charge in [0.05, 0.1) is 0 Å². The number of rotatable bonds is 5. The van der Waals surface area contributed by atoms with Gasteiger partial charge in [0, 0.05) is 0 Å². The van der Waals surface area contributed by atoms with Crippen LogP contribution in [0, 0.1) is 0 Å². The molecule has 0 bridgehead atoms. The van der Waals surface area contributed by atoms with Crippen LogP contribution in [0.2, 0.25) is 5.09 Å². The third-order valence-corrected chi connectivity index (χ3v) is 1.92. The maximum atomic E-state index is 2.43. The van der Waals surface area contributed by atoms with Crippen LogP contribution >= 0.6 is 0 Å². The van der Waals surface area contributed by atoms with Gasteiger partial charge >= 0.3 is 79.8 Å². The van der Waals surface area contributed by atoms with Crippen LogP contribution in [0.25, 0.3) is 0 Å². The zero-order valence-electron chi connectivity index (χ0n) is 8.35. The van der Waals surface area contributed by atoms with Gasteiger partial charge in [-0.25, -0.2) is 0 Å². The summed E-state index contributed by atoms with van der Waals surface area (Å²) in [6.07, 6.45) is 2.30. The van der Waals surface area contributed by atoms with E-state index in [4.69, 9.17) is 0 Å². The molecule has 0 saturated carbocycles. The molecule has 0 radical (unpaired) electrons. The first-order valence-electron chi connectivity index (χ1n) is 4.62. The molecule has 1 nitrogen and oxygen atoms in total. The summed E-state index contributed by atoms with van der Waals surface area (Å²) in [5, 5.41) is 1.16. The van der Waals surface area contributed by atoms with Crippen LogP contribution < -0.4 is 0 Å². The average molecular weight is 147 g/mol. The normalized spacial score (nSPS) is 12.7. The molecule has 60 valence electrons. The van der Waals surface area contributed by atoms with Gasteiger partial charge in [-0.05, 0) is 0 Å². The van der Waals surface area contributed by atoms with Crippen molar-refractivity contribution in [3.05, 3.63) is 11.6 Å². The van der Waals surface area contributed by atoms with E-state index in [2.05, 4.69) is 49.5 Å². The Morgan fingerprint density at radius 2 is 1.91 bits per heavy atom. The Balaban J connectivity index is 3.71. The van der Waals surface area contributed by atoms with E-state index in [1.54, 1.807) is 0 Å². The second kappa shape index (κ2) is 6.97. The summed E-state index contributed by atoms with van der Waals surface area (Å²) in [5.41, 5.74) is 1.50. The summed E-state index contributed by atoms with van der Waals surface area (Å²) in [4.78, 5) is 2.43. The molecular formula is C9H18LiN. The zero-order chi connectivity index (χ0) is 8.69. The first-order valence-corrected chi connectivity index (χ1v) is 4.62. The Morgan fingerprint density at radius 1 is 1.36 bits per heavy atom. The SMILES string of the molecule is [Li][CH2]C=C(C)CN(CC)CC. The molecule has 0 spiro atoms. The van der Waals surface area contributed by atoms with E-state index in [1.165, 1.54) is 5.57 Å². The van der Waals surface area contributed by atoms with E-state index >= 15 is 0 Å². The van der Waals surface area contributed by atoms with Crippen LogP contribution in [0.1, 0.15) is 20.8 Å². The maximum absolute atomic E-state index is 2.43. The third kappa shape index (κ3) is 5.55. The zero-order valence-corrected chi connectivity index (χ0v) is 8.35. The molecule has 0 unspecified atom stereocenters. The molecule has 0 heterocycles. The van der Waals surface area contributed by atoms with Gasteiger partial charge in [0.15, 0.2) is 0 Å². The van der Waals surface area contributed by atoms with E-state index in [0.29, 0.717) is 0 Å². The minimum atomic E-state index is 1.14. The molecule has 0 aliphatic heterocycles. The fraction of sp³-hybridized carbons (Fsp3) is 0.778. The fourth-order valence-corrected chi connectivity index (χ4v) is 1.21. The van der Waals surface area contributed by atoms with E-state index in [1.807, 2.05) is 0 Å². The van der Waals surface area contributed by atoms with Crippen LogP contribution in [-0.2, 0) is 0 Å². The first kappa shape index (κ1) is 11.3. The number of allylic oxidation sites excluding steroid dienone is 1. The molecule has 0 saturated heterocycles. The molecule has 0 fully saturated rings. The van der Waals surface area contributed by atoms with Gasteiger partial charge in [-0.3, -0.25) is 0 Å². The van der Waals surface area contributed by atoms with Gasteiger partial charge in [-0.15, -0.1) is 0 Å². The molecule has 0 rings (SSSR count). The van der Waals surface area contributed by atoms with E-state index in [0.717, 1.165) is 24.7 Å². The van der Waals surface area contributed by atoms with E-state index in [9.17, 15) is 0 Å². The summed E-state index contributed by atoms with van der Waals surface area (Å²) < 4.78 is 0. The molecular weight excluding hydrogens is 129 g/mol. The van der Waals surface area contributed by atoms with Crippen molar-refractivity contribution in [2.75, 3.05) is 19.6 Å². The van der Waals surface area contributed by atoms with Crippen molar-refractivity contribution in [2.45, 2.75) is 25.9 Å². The Hall–Kier alpha value is 0.297. The van der Waals surface area contributed by atoms with Crippen LogP contribution in [0.4, 0.5) is 0 Å². The fourth-order valence-electron chi connectivity index (χ4n) is 1.21. The van der Waals surface area contributed by atoms with Crippen molar-refractivity contribution in [3.8, 4) is 0 Å². The van der Waals surface area contributed by atoms with Crippen molar-refractivity contribution in [1.29, 1.82) is 0 Å². The van der Waals surface area contributed by atoms with E-state index in [-0.39, 0.29) is 0 Å². The molecule has 0 aliphatic rings. The van der Waals surface area contributed by atoms with Crippen LogP contribution in [0.3, 0.4) is 0 Å². The molecule has 0 aromatic carbocycles. The van der Waals surface area contributed by atoms with Gasteiger partial charge < -0.3 is 0 Å². The van der Waals surface area contributed by atoms with Gasteiger partial charge in [0.25, 0.3) is 0 Å². The number of likely N-dealkylation sites (N-methyl/N-ethyl adjacent to an activating group) is 1. The molecule has 0 atom stereocenters. The van der Waals surface area contributed by atoms with Gasteiger partial charge in [0.2, 0.25) is 0 Å². The molecule has 0 aliphatic carbocycles. The van der Waals surface area contributed by atoms with Crippen molar-refractivity contribution in [3.63, 3.8) is 0 Å². The van der Waals surface area contributed by atoms with Crippen molar-refractivity contribution >= 4 is 17.7 Å². The summed E-state index contributed by atoms with van der Waals surface area (Å²) in [7, 11) is 0. The molecule has 0 aromatic rings. The molecule has 0 N–H and O–H groups in total. The average Bonchev–Trinajstić information content (AvgIpc) is 2.01. The van der Waals surface area contributed by atoms with Gasteiger partial charge in [-0.1, -0.05) is 0 Å². The minimum absolute atomic E-state index is 1.14. The second-order valence-electron chi connectivity index (χ2n) is 2.92. The molecule has 0 amide bonds. The number of nitrogens with zero attached hydrogens (tertiary/aromatic N) is 1. The standard InChI is InChI=1S/C9H18N.Li/c1-5-9(4)8-10(6-2)7-3;/h5H,1,6-8H2,2-4H3;. The Kier molecular flexibility index (Phi) is 7.16. The molecule has 11 heavy (non-hydrogen) atoms. The Labute approximate surface area is 80.1 Å². The molecule has 2 heteroatoms. The topological polar surface area (TPSA) is 3.24 Å². The number of hydrogen-bond acceptors (Lipinski definition) is 1. The van der Waals surface area contributed by atoms with Crippen LogP contribution in [0.15, 0.2) is 11.6 Å².